The summed E-state index contributed by atoms with van der Waals surface area (Å²) in [6.45, 7) is 1.99. The summed E-state index contributed by atoms with van der Waals surface area (Å²) < 4.78 is 27.1. The Kier molecular flexibility index (Phi) is 3.17. The number of hydrogen-bond donors (Lipinski definition) is 1. The molecule has 0 aromatic heterocycles. The third-order valence-electron chi connectivity index (χ3n) is 3.33. The molecule has 0 radical (unpaired) electrons. The fourth-order valence-electron chi connectivity index (χ4n) is 2.46. The number of halogens is 3. The number of hydrogen-bond acceptors (Lipinski definition) is 1. The molecule has 16 heavy (non-hydrogen) atoms. The van der Waals surface area contributed by atoms with Crippen LogP contribution in [0.25, 0.3) is 0 Å². The Hall–Kier alpha value is -0.670. The van der Waals surface area contributed by atoms with Gasteiger partial charge in [-0.05, 0) is 37.4 Å². The van der Waals surface area contributed by atoms with Crippen molar-refractivity contribution in [2.75, 3.05) is 7.05 Å². The first kappa shape index (κ1) is 11.8. The highest BCUT2D eigenvalue weighted by Crippen LogP contribution is 2.42. The molecule has 0 bridgehead atoms. The highest BCUT2D eigenvalue weighted by molar-refractivity contribution is 6.31. The van der Waals surface area contributed by atoms with Crippen LogP contribution in [0.2, 0.25) is 5.02 Å². The zero-order chi connectivity index (χ0) is 11.9. The minimum absolute atomic E-state index is 0.139. The third-order valence-corrected chi connectivity index (χ3v) is 3.64. The van der Waals surface area contributed by atoms with E-state index in [0.717, 1.165) is 24.5 Å². The van der Waals surface area contributed by atoms with E-state index >= 15 is 0 Å². The first-order valence-corrected chi connectivity index (χ1v) is 5.78. The number of benzene rings is 1. The molecule has 0 heterocycles. The second-order valence-electron chi connectivity index (χ2n) is 4.30. The molecule has 0 saturated heterocycles. The largest absolute Gasteiger partial charge is 0.313 e. The highest BCUT2D eigenvalue weighted by atomic mass is 35.5. The molecule has 2 unspecified atom stereocenters. The summed E-state index contributed by atoms with van der Waals surface area (Å²) in [5.41, 5.74) is 1.16. The minimum atomic E-state index is -0.863. The van der Waals surface area contributed by atoms with Gasteiger partial charge < -0.3 is 5.32 Å². The van der Waals surface area contributed by atoms with Gasteiger partial charge in [0.25, 0.3) is 0 Å². The molecule has 88 valence electrons. The van der Waals surface area contributed by atoms with Gasteiger partial charge in [-0.3, -0.25) is 0 Å². The summed E-state index contributed by atoms with van der Waals surface area (Å²) in [6, 6.07) is 0.934. The maximum absolute atomic E-state index is 13.8. The molecule has 2 atom stereocenters. The molecule has 0 fully saturated rings. The van der Waals surface area contributed by atoms with Crippen LogP contribution >= 0.6 is 11.6 Å². The summed E-state index contributed by atoms with van der Waals surface area (Å²) >= 11 is 6.00. The zero-order valence-electron chi connectivity index (χ0n) is 9.28. The van der Waals surface area contributed by atoms with E-state index in [0.29, 0.717) is 10.6 Å². The van der Waals surface area contributed by atoms with Gasteiger partial charge in [0.05, 0.1) is 0 Å². The van der Waals surface area contributed by atoms with E-state index in [9.17, 15) is 8.78 Å². The first-order valence-electron chi connectivity index (χ1n) is 5.40. The quantitative estimate of drug-likeness (QED) is 0.743. The van der Waals surface area contributed by atoms with Crippen molar-refractivity contribution >= 4 is 11.6 Å². The Morgan fingerprint density at radius 3 is 2.62 bits per heavy atom. The maximum Gasteiger partial charge on any atom is 0.163 e. The first-order chi connectivity index (χ1) is 7.56. The maximum atomic E-state index is 13.8. The monoisotopic (exact) mass is 245 g/mol. The van der Waals surface area contributed by atoms with Crippen molar-refractivity contribution in [2.24, 2.45) is 0 Å². The zero-order valence-corrected chi connectivity index (χ0v) is 10.0. The van der Waals surface area contributed by atoms with Crippen molar-refractivity contribution in [3.63, 3.8) is 0 Å². The smallest absolute Gasteiger partial charge is 0.163 e. The average molecular weight is 246 g/mol. The molecule has 4 heteroatoms. The second kappa shape index (κ2) is 4.30. The van der Waals surface area contributed by atoms with Gasteiger partial charge in [0, 0.05) is 16.6 Å². The third kappa shape index (κ3) is 1.72. The summed E-state index contributed by atoms with van der Waals surface area (Å²) in [6.07, 6.45) is 1.74. The molecule has 1 aliphatic rings. The normalized spacial score (nSPS) is 24.3. The molecular weight excluding hydrogens is 232 g/mol. The summed E-state index contributed by atoms with van der Waals surface area (Å²) in [5.74, 6) is -1.44. The molecule has 0 aliphatic heterocycles. The van der Waals surface area contributed by atoms with Crippen LogP contribution in [0.4, 0.5) is 8.78 Å². The summed E-state index contributed by atoms with van der Waals surface area (Å²) in [4.78, 5) is 0. The van der Waals surface area contributed by atoms with Crippen molar-refractivity contribution in [3.8, 4) is 0 Å². The van der Waals surface area contributed by atoms with E-state index in [-0.39, 0.29) is 12.0 Å². The standard InChI is InChI=1S/C12H14ClF2N/c1-6-3-4-9(16-2)11-10(6)7(13)5-8(14)12(11)15/h5-6,9,16H,3-4H2,1-2H3. The van der Waals surface area contributed by atoms with Crippen LogP contribution in [0.1, 0.15) is 42.9 Å². The molecule has 1 aromatic carbocycles. The molecule has 1 N–H and O–H groups in total. The fourth-order valence-corrected chi connectivity index (χ4v) is 2.85. The highest BCUT2D eigenvalue weighted by Gasteiger charge is 2.30. The van der Waals surface area contributed by atoms with Gasteiger partial charge in [0.1, 0.15) is 0 Å². The van der Waals surface area contributed by atoms with Crippen LogP contribution in [-0.2, 0) is 0 Å². The van der Waals surface area contributed by atoms with Gasteiger partial charge in [-0.1, -0.05) is 18.5 Å². The van der Waals surface area contributed by atoms with Crippen LogP contribution in [0, 0.1) is 11.6 Å². The lowest BCUT2D eigenvalue weighted by Crippen LogP contribution is -2.25. The molecule has 0 saturated carbocycles. The van der Waals surface area contributed by atoms with Crippen molar-refractivity contribution in [3.05, 3.63) is 33.9 Å². The van der Waals surface area contributed by atoms with Gasteiger partial charge in [0.15, 0.2) is 11.6 Å². The van der Waals surface area contributed by atoms with Gasteiger partial charge in [0.2, 0.25) is 0 Å². The Labute approximate surface area is 98.8 Å². The van der Waals surface area contributed by atoms with Gasteiger partial charge in [-0.15, -0.1) is 0 Å². The van der Waals surface area contributed by atoms with E-state index in [2.05, 4.69) is 5.32 Å². The summed E-state index contributed by atoms with van der Waals surface area (Å²) in [5, 5.41) is 3.35. The van der Waals surface area contributed by atoms with Gasteiger partial charge in [-0.2, -0.15) is 0 Å². The SMILES string of the molecule is CNC1CCC(C)c2c(Cl)cc(F)c(F)c21. The topological polar surface area (TPSA) is 12.0 Å². The molecule has 0 amide bonds. The molecule has 1 nitrogen and oxygen atoms in total. The predicted octanol–water partition coefficient (Wildman–Crippen LogP) is 3.78. The van der Waals surface area contributed by atoms with Crippen molar-refractivity contribution in [1.29, 1.82) is 0 Å². The van der Waals surface area contributed by atoms with Crippen molar-refractivity contribution < 1.29 is 8.78 Å². The lowest BCUT2D eigenvalue weighted by atomic mass is 9.80. The Bertz CT molecular complexity index is 420. The van der Waals surface area contributed by atoms with E-state index in [4.69, 9.17) is 11.6 Å². The Balaban J connectivity index is 2.67. The Morgan fingerprint density at radius 2 is 2.00 bits per heavy atom. The lowest BCUT2D eigenvalue weighted by Gasteiger charge is -2.30. The summed E-state index contributed by atoms with van der Waals surface area (Å²) in [7, 11) is 1.75. The number of nitrogens with one attached hydrogen (secondary N) is 1. The van der Waals surface area contributed by atoms with Crippen LogP contribution in [-0.4, -0.2) is 7.05 Å². The number of rotatable bonds is 1. The average Bonchev–Trinajstić information content (AvgIpc) is 2.25. The lowest BCUT2D eigenvalue weighted by molar-refractivity contribution is 0.416. The van der Waals surface area contributed by atoms with E-state index in [1.165, 1.54) is 0 Å². The van der Waals surface area contributed by atoms with Crippen LogP contribution in [0.5, 0.6) is 0 Å². The van der Waals surface area contributed by atoms with E-state index in [1.807, 2.05) is 6.92 Å². The van der Waals surface area contributed by atoms with E-state index in [1.54, 1.807) is 7.05 Å². The van der Waals surface area contributed by atoms with E-state index < -0.39 is 11.6 Å². The Morgan fingerprint density at radius 1 is 1.31 bits per heavy atom. The van der Waals surface area contributed by atoms with Gasteiger partial charge in [-0.25, -0.2) is 8.78 Å². The van der Waals surface area contributed by atoms with Crippen LogP contribution in [0.3, 0.4) is 0 Å². The van der Waals surface area contributed by atoms with Crippen molar-refractivity contribution in [2.45, 2.75) is 31.7 Å². The van der Waals surface area contributed by atoms with Crippen LogP contribution < -0.4 is 5.32 Å². The molecule has 1 aliphatic carbocycles. The molecule has 0 spiro atoms. The predicted molar refractivity (Wildman–Crippen MR) is 60.8 cm³/mol. The molecule has 1 aromatic rings. The van der Waals surface area contributed by atoms with Crippen LogP contribution in [0.15, 0.2) is 6.07 Å². The van der Waals surface area contributed by atoms with Crippen molar-refractivity contribution in [1.82, 2.24) is 5.32 Å². The minimum Gasteiger partial charge on any atom is -0.313 e. The molecular formula is C12H14ClF2N. The second-order valence-corrected chi connectivity index (χ2v) is 4.71. The molecule has 2 rings (SSSR count). The number of fused-ring (bicyclic) bond motifs is 1. The fraction of sp³-hybridized carbons (Fsp3) is 0.500. The van der Waals surface area contributed by atoms with Gasteiger partial charge >= 0.3 is 0 Å².